The number of carbonyl (C=O) groups is 1. The van der Waals surface area contributed by atoms with Gasteiger partial charge in [-0.15, -0.1) is 0 Å². The van der Waals surface area contributed by atoms with Crippen molar-refractivity contribution in [3.8, 4) is 5.75 Å². The molecule has 0 aromatic heterocycles. The summed E-state index contributed by atoms with van der Waals surface area (Å²) in [5.74, 6) is 0.210. The summed E-state index contributed by atoms with van der Waals surface area (Å²) in [6.45, 7) is 3.77. The summed E-state index contributed by atoms with van der Waals surface area (Å²) < 4.78 is 5.83. The van der Waals surface area contributed by atoms with Crippen LogP contribution in [-0.2, 0) is 11.3 Å². The fourth-order valence-corrected chi connectivity index (χ4v) is 2.39. The van der Waals surface area contributed by atoms with Gasteiger partial charge in [-0.2, -0.15) is 0 Å². The first-order valence-electron chi connectivity index (χ1n) is 5.47. The van der Waals surface area contributed by atoms with Gasteiger partial charge in [-0.05, 0) is 28.1 Å². The zero-order valence-corrected chi connectivity index (χ0v) is 10.9. The summed E-state index contributed by atoms with van der Waals surface area (Å²) in [6.07, 6.45) is 0.785. The Balaban J connectivity index is 2.18. The molecular formula is C12H14BrNO3. The molecule has 5 heteroatoms. The highest BCUT2D eigenvalue weighted by Gasteiger charge is 2.14. The van der Waals surface area contributed by atoms with E-state index in [1.54, 1.807) is 12.1 Å². The van der Waals surface area contributed by atoms with Crippen LogP contribution in [0, 0.1) is 0 Å². The first-order valence-corrected chi connectivity index (χ1v) is 6.26. The second-order valence-electron chi connectivity index (χ2n) is 4.02. The second kappa shape index (κ2) is 5.62. The molecule has 1 aliphatic heterocycles. The molecule has 0 unspecified atom stereocenters. The lowest BCUT2D eigenvalue weighted by Gasteiger charge is -2.27. The first-order chi connectivity index (χ1) is 8.20. The van der Waals surface area contributed by atoms with Crippen LogP contribution in [0.25, 0.3) is 0 Å². The van der Waals surface area contributed by atoms with Gasteiger partial charge in [-0.3, -0.25) is 9.69 Å². The van der Waals surface area contributed by atoms with Crippen molar-refractivity contribution in [1.82, 2.24) is 4.90 Å². The van der Waals surface area contributed by atoms with Gasteiger partial charge in [0.25, 0.3) is 0 Å². The molecule has 0 radical (unpaired) electrons. The molecular weight excluding hydrogens is 286 g/mol. The average molecular weight is 300 g/mol. The summed E-state index contributed by atoms with van der Waals surface area (Å²) in [7, 11) is 0. The Kier molecular flexibility index (Phi) is 4.15. The lowest BCUT2D eigenvalue weighted by atomic mass is 10.1. The number of aromatic hydroxyl groups is 1. The minimum Gasteiger partial charge on any atom is -0.506 e. The number of morpholine rings is 1. The summed E-state index contributed by atoms with van der Waals surface area (Å²) in [4.78, 5) is 13.0. The Bertz CT molecular complexity index is 416. The van der Waals surface area contributed by atoms with E-state index in [0.29, 0.717) is 16.6 Å². The Labute approximate surface area is 108 Å². The molecule has 4 nitrogen and oxygen atoms in total. The number of nitrogens with zero attached hydrogens (tertiary/aromatic N) is 1. The number of phenolic OH excluding ortho intramolecular Hbond substituents is 1. The lowest BCUT2D eigenvalue weighted by molar-refractivity contribution is 0.0338. The normalized spacial score (nSPS) is 17.0. The smallest absolute Gasteiger partial charge is 0.150 e. The fraction of sp³-hybridized carbons (Fsp3) is 0.417. The van der Waals surface area contributed by atoms with Crippen LogP contribution in [0.3, 0.4) is 0 Å². The zero-order valence-electron chi connectivity index (χ0n) is 9.36. The van der Waals surface area contributed by atoms with Gasteiger partial charge in [0.15, 0.2) is 0 Å². The van der Waals surface area contributed by atoms with Gasteiger partial charge < -0.3 is 9.84 Å². The number of phenols is 1. The van der Waals surface area contributed by atoms with Crippen LogP contribution in [0.4, 0.5) is 0 Å². The van der Waals surface area contributed by atoms with Crippen molar-refractivity contribution >= 4 is 22.2 Å². The number of hydrogen-bond donors (Lipinski definition) is 1. The van der Waals surface area contributed by atoms with Crippen LogP contribution in [0.2, 0.25) is 0 Å². The van der Waals surface area contributed by atoms with E-state index in [9.17, 15) is 9.90 Å². The highest BCUT2D eigenvalue weighted by atomic mass is 79.9. The monoisotopic (exact) mass is 299 g/mol. The molecule has 1 saturated heterocycles. The Morgan fingerprint density at radius 3 is 2.76 bits per heavy atom. The lowest BCUT2D eigenvalue weighted by Crippen LogP contribution is -2.35. The predicted octanol–water partition coefficient (Wildman–Crippen LogP) is 1.80. The van der Waals surface area contributed by atoms with E-state index < -0.39 is 0 Å². The largest absolute Gasteiger partial charge is 0.506 e. The molecule has 17 heavy (non-hydrogen) atoms. The number of hydrogen-bond acceptors (Lipinski definition) is 4. The van der Waals surface area contributed by atoms with Gasteiger partial charge >= 0.3 is 0 Å². The third kappa shape index (κ3) is 3.06. The van der Waals surface area contributed by atoms with Crippen molar-refractivity contribution in [2.75, 3.05) is 26.3 Å². The van der Waals surface area contributed by atoms with Crippen LogP contribution in [0.5, 0.6) is 5.75 Å². The van der Waals surface area contributed by atoms with Crippen molar-refractivity contribution < 1.29 is 14.6 Å². The molecule has 92 valence electrons. The Hall–Kier alpha value is -0.910. The molecule has 0 aliphatic carbocycles. The van der Waals surface area contributed by atoms with Gasteiger partial charge in [0, 0.05) is 30.8 Å². The molecule has 0 bridgehead atoms. The van der Waals surface area contributed by atoms with Crippen molar-refractivity contribution in [2.24, 2.45) is 0 Å². The van der Waals surface area contributed by atoms with Crippen LogP contribution in [0.15, 0.2) is 16.6 Å². The number of rotatable bonds is 3. The van der Waals surface area contributed by atoms with Crippen molar-refractivity contribution in [1.29, 1.82) is 0 Å². The number of carbonyl (C=O) groups excluding carboxylic acids is 1. The van der Waals surface area contributed by atoms with E-state index >= 15 is 0 Å². The molecule has 0 atom stereocenters. The van der Waals surface area contributed by atoms with E-state index in [4.69, 9.17) is 4.74 Å². The van der Waals surface area contributed by atoms with E-state index in [-0.39, 0.29) is 5.75 Å². The molecule has 0 amide bonds. The molecule has 1 fully saturated rings. The highest BCUT2D eigenvalue weighted by molar-refractivity contribution is 9.10. The Morgan fingerprint density at radius 1 is 1.41 bits per heavy atom. The third-order valence-corrected chi connectivity index (χ3v) is 3.40. The van der Waals surface area contributed by atoms with E-state index in [0.717, 1.165) is 38.2 Å². The number of aldehydes is 1. The summed E-state index contributed by atoms with van der Waals surface area (Å²) >= 11 is 3.25. The van der Waals surface area contributed by atoms with Crippen LogP contribution < -0.4 is 0 Å². The van der Waals surface area contributed by atoms with E-state index in [1.165, 1.54) is 0 Å². The summed E-state index contributed by atoms with van der Waals surface area (Å²) in [5.41, 5.74) is 1.33. The summed E-state index contributed by atoms with van der Waals surface area (Å²) in [5, 5.41) is 9.93. The second-order valence-corrected chi connectivity index (χ2v) is 4.87. The number of ether oxygens (including phenoxy) is 1. The first kappa shape index (κ1) is 12.5. The maximum atomic E-state index is 10.8. The van der Waals surface area contributed by atoms with E-state index in [2.05, 4.69) is 20.8 Å². The van der Waals surface area contributed by atoms with Gasteiger partial charge in [0.2, 0.25) is 0 Å². The molecule has 1 N–H and O–H groups in total. The maximum absolute atomic E-state index is 10.8. The Morgan fingerprint density at radius 2 is 2.12 bits per heavy atom. The van der Waals surface area contributed by atoms with Crippen molar-refractivity contribution in [3.63, 3.8) is 0 Å². The SMILES string of the molecule is O=Cc1cc(Br)c(O)c(CN2CCOCC2)c1. The van der Waals surface area contributed by atoms with Crippen LogP contribution >= 0.6 is 15.9 Å². The maximum Gasteiger partial charge on any atom is 0.150 e. The zero-order chi connectivity index (χ0) is 12.3. The molecule has 1 aromatic rings. The van der Waals surface area contributed by atoms with Gasteiger partial charge in [-0.1, -0.05) is 0 Å². The molecule has 1 heterocycles. The minimum atomic E-state index is 0.210. The topological polar surface area (TPSA) is 49.8 Å². The predicted molar refractivity (Wildman–Crippen MR) is 67.3 cm³/mol. The average Bonchev–Trinajstić information content (AvgIpc) is 2.36. The number of benzene rings is 1. The molecule has 2 rings (SSSR count). The fourth-order valence-electron chi connectivity index (χ4n) is 1.87. The van der Waals surface area contributed by atoms with Crippen LogP contribution in [-0.4, -0.2) is 42.6 Å². The minimum absolute atomic E-state index is 0.210. The van der Waals surface area contributed by atoms with Crippen LogP contribution in [0.1, 0.15) is 15.9 Å². The van der Waals surface area contributed by atoms with E-state index in [1.807, 2.05) is 0 Å². The van der Waals surface area contributed by atoms with Gasteiger partial charge in [-0.25, -0.2) is 0 Å². The van der Waals surface area contributed by atoms with Gasteiger partial charge in [0.05, 0.1) is 17.7 Å². The third-order valence-electron chi connectivity index (χ3n) is 2.80. The molecule has 0 saturated carbocycles. The molecule has 0 spiro atoms. The highest BCUT2D eigenvalue weighted by Crippen LogP contribution is 2.30. The molecule has 1 aliphatic rings. The summed E-state index contributed by atoms with van der Waals surface area (Å²) in [6, 6.07) is 3.34. The van der Waals surface area contributed by atoms with Crippen molar-refractivity contribution in [2.45, 2.75) is 6.54 Å². The van der Waals surface area contributed by atoms with Gasteiger partial charge in [0.1, 0.15) is 12.0 Å². The molecule has 1 aromatic carbocycles. The van der Waals surface area contributed by atoms with Crippen molar-refractivity contribution in [3.05, 3.63) is 27.7 Å². The number of halogens is 1. The standard InChI is InChI=1S/C12H14BrNO3/c13-11-6-9(8-15)5-10(12(11)16)7-14-1-3-17-4-2-14/h5-6,8,16H,1-4,7H2. The quantitative estimate of drug-likeness (QED) is 0.865.